The van der Waals surface area contributed by atoms with E-state index in [1.54, 1.807) is 32.2 Å². The largest absolute Gasteiger partial charge is 0.382 e. The fourth-order valence-electron chi connectivity index (χ4n) is 6.27. The van der Waals surface area contributed by atoms with Crippen LogP contribution in [0.4, 0.5) is 0 Å². The minimum atomic E-state index is -3.47. The standard InChI is InChI=1S/C35H51N5O4S/c1-11-13-30(31(14-12-2)45(10,43)44)38-25(5)27-19-23(3)20-29-28(27)21-32(39(9)33(29)41)40-17-15-26(16-18-40)24(4)22-37-34(36-8)35(6,7)42/h11-13,19-20,22,25-26,32,38,42H,2,8,14-18,21H2,1,3-7,9-10H3/b13-11-,24-22+,31-30-,37-34?/t25-,32+/m1/s1. The SMILES string of the molecule is C=CC/C(=C(\C=C/C)N[C@H](C)c1cc(C)cc2c1C[C@H](N1CCC(/C(C)=C/N=C(N=C)C(C)(C)O)CC1)N(C)C2=O)S(C)(=O)=O. The van der Waals surface area contributed by atoms with Gasteiger partial charge in [-0.25, -0.2) is 18.4 Å². The van der Waals surface area contributed by atoms with Gasteiger partial charge in [-0.3, -0.25) is 9.69 Å². The number of likely N-dealkylation sites (tertiary alicyclic amines) is 1. The molecule has 1 amide bonds. The maximum absolute atomic E-state index is 13.8. The maximum Gasteiger partial charge on any atom is 0.255 e. The number of sulfone groups is 1. The van der Waals surface area contributed by atoms with Gasteiger partial charge < -0.3 is 15.3 Å². The number of likely N-dealkylation sites (N-methyl/N-ethyl adjacent to an activating group) is 1. The van der Waals surface area contributed by atoms with E-state index in [4.69, 9.17) is 0 Å². The molecule has 1 aromatic rings. The van der Waals surface area contributed by atoms with E-state index in [2.05, 4.69) is 46.5 Å². The zero-order chi connectivity index (χ0) is 33.7. The van der Waals surface area contributed by atoms with E-state index in [0.717, 1.165) is 48.2 Å². The third kappa shape index (κ3) is 8.68. The van der Waals surface area contributed by atoms with E-state index < -0.39 is 15.4 Å². The van der Waals surface area contributed by atoms with Crippen molar-refractivity contribution in [3.05, 3.63) is 81.6 Å². The van der Waals surface area contributed by atoms with Gasteiger partial charge in [0.2, 0.25) is 0 Å². The van der Waals surface area contributed by atoms with Gasteiger partial charge in [-0.15, -0.1) is 6.58 Å². The molecule has 45 heavy (non-hydrogen) atoms. The highest BCUT2D eigenvalue weighted by Gasteiger charge is 2.37. The third-order valence-electron chi connectivity index (χ3n) is 8.75. The predicted molar refractivity (Wildman–Crippen MR) is 185 cm³/mol. The smallest absolute Gasteiger partial charge is 0.255 e. The number of hydrogen-bond donors (Lipinski definition) is 2. The van der Waals surface area contributed by atoms with E-state index in [9.17, 15) is 18.3 Å². The predicted octanol–water partition coefficient (Wildman–Crippen LogP) is 5.49. The number of hydrogen-bond acceptors (Lipinski definition) is 7. The number of carbonyl (C=O) groups excluding carboxylic acids is 1. The number of carbonyl (C=O) groups is 1. The van der Waals surface area contributed by atoms with Gasteiger partial charge in [0.25, 0.3) is 5.91 Å². The average molecular weight is 638 g/mol. The number of aliphatic hydroxyl groups is 1. The van der Waals surface area contributed by atoms with Crippen LogP contribution in [0.5, 0.6) is 0 Å². The molecule has 0 aliphatic carbocycles. The van der Waals surface area contributed by atoms with Crippen molar-refractivity contribution in [2.24, 2.45) is 15.9 Å². The molecule has 246 valence electrons. The second-order valence-corrected chi connectivity index (χ2v) is 14.8. The van der Waals surface area contributed by atoms with Crippen molar-refractivity contribution in [2.45, 2.75) is 85.0 Å². The Morgan fingerprint density at radius 2 is 1.91 bits per heavy atom. The Hall–Kier alpha value is -3.34. The number of nitrogens with one attached hydrogen (secondary N) is 1. The summed E-state index contributed by atoms with van der Waals surface area (Å²) >= 11 is 0. The van der Waals surface area contributed by atoms with Crippen molar-refractivity contribution in [1.82, 2.24) is 15.1 Å². The highest BCUT2D eigenvalue weighted by Crippen LogP contribution is 2.34. The van der Waals surface area contributed by atoms with Crippen LogP contribution in [-0.4, -0.2) is 79.9 Å². The zero-order valence-corrected chi connectivity index (χ0v) is 29.0. The topological polar surface area (TPSA) is 115 Å². The number of piperidine rings is 1. The zero-order valence-electron chi connectivity index (χ0n) is 28.2. The number of aryl methyl sites for hydroxylation is 1. The number of benzene rings is 1. The second kappa shape index (κ2) is 14.8. The molecule has 1 aromatic carbocycles. The van der Waals surface area contributed by atoms with Gasteiger partial charge in [0.1, 0.15) is 5.60 Å². The summed E-state index contributed by atoms with van der Waals surface area (Å²) in [5, 5.41) is 13.7. The van der Waals surface area contributed by atoms with Crippen LogP contribution in [0.25, 0.3) is 0 Å². The first-order valence-electron chi connectivity index (χ1n) is 15.5. The lowest BCUT2D eigenvalue weighted by molar-refractivity contribution is 0.0246. The quantitative estimate of drug-likeness (QED) is 0.144. The Balaban J connectivity index is 1.89. The highest BCUT2D eigenvalue weighted by atomic mass is 32.2. The summed E-state index contributed by atoms with van der Waals surface area (Å²) in [5.41, 5.74) is 4.18. The lowest BCUT2D eigenvalue weighted by atomic mass is 9.86. The molecule has 0 unspecified atom stereocenters. The Bertz CT molecular complexity index is 1520. The molecular weight excluding hydrogens is 586 g/mol. The Kier molecular flexibility index (Phi) is 11.9. The molecule has 0 spiro atoms. The van der Waals surface area contributed by atoms with Crippen molar-refractivity contribution in [1.29, 1.82) is 0 Å². The van der Waals surface area contributed by atoms with Crippen molar-refractivity contribution in [3.8, 4) is 0 Å². The number of aliphatic imine (C=N–C) groups is 2. The number of amidine groups is 1. The maximum atomic E-state index is 13.8. The summed E-state index contributed by atoms with van der Waals surface area (Å²) in [6, 6.07) is 3.82. The van der Waals surface area contributed by atoms with Gasteiger partial charge in [-0.1, -0.05) is 23.8 Å². The number of amides is 1. The molecule has 2 heterocycles. The number of allylic oxidation sites excluding steroid dienone is 5. The molecular formula is C35H51N5O4S. The molecule has 1 saturated heterocycles. The van der Waals surface area contributed by atoms with E-state index in [0.29, 0.717) is 23.6 Å². The minimum absolute atomic E-state index is 0.00490. The van der Waals surface area contributed by atoms with Crippen LogP contribution < -0.4 is 5.32 Å². The summed E-state index contributed by atoms with van der Waals surface area (Å²) in [4.78, 5) is 26.6. The van der Waals surface area contributed by atoms with E-state index in [1.165, 1.54) is 6.26 Å². The van der Waals surface area contributed by atoms with Crippen molar-refractivity contribution < 1.29 is 18.3 Å². The first-order chi connectivity index (χ1) is 21.0. The molecule has 0 aromatic heterocycles. The molecule has 0 saturated carbocycles. The van der Waals surface area contributed by atoms with Crippen LogP contribution >= 0.6 is 0 Å². The molecule has 10 heteroatoms. The molecule has 0 radical (unpaired) electrons. The van der Waals surface area contributed by atoms with Crippen LogP contribution in [0.15, 0.2) is 69.3 Å². The van der Waals surface area contributed by atoms with Crippen LogP contribution in [0, 0.1) is 12.8 Å². The van der Waals surface area contributed by atoms with Crippen molar-refractivity contribution in [2.75, 3.05) is 26.4 Å². The second-order valence-electron chi connectivity index (χ2n) is 12.8. The molecule has 2 atom stereocenters. The van der Waals surface area contributed by atoms with Gasteiger partial charge in [0, 0.05) is 62.7 Å². The monoisotopic (exact) mass is 637 g/mol. The van der Waals surface area contributed by atoms with Crippen molar-refractivity contribution >= 4 is 28.3 Å². The van der Waals surface area contributed by atoms with Gasteiger partial charge in [0.05, 0.1) is 11.1 Å². The summed E-state index contributed by atoms with van der Waals surface area (Å²) in [6.07, 6.45) is 10.9. The molecule has 2 N–H and O–H groups in total. The summed E-state index contributed by atoms with van der Waals surface area (Å²) in [7, 11) is -1.59. The Labute approximate surface area is 270 Å². The molecule has 3 rings (SSSR count). The normalized spacial score (nSPS) is 20.6. The molecule has 1 fully saturated rings. The Morgan fingerprint density at radius 1 is 1.27 bits per heavy atom. The van der Waals surface area contributed by atoms with Gasteiger partial charge in [-0.2, -0.15) is 0 Å². The highest BCUT2D eigenvalue weighted by molar-refractivity contribution is 7.94. The average Bonchev–Trinajstić information content (AvgIpc) is 2.96. The first kappa shape index (κ1) is 36.1. The van der Waals surface area contributed by atoms with E-state index in [1.807, 2.05) is 44.9 Å². The number of fused-ring (bicyclic) bond motifs is 1. The molecule has 9 nitrogen and oxygen atoms in total. The van der Waals surface area contributed by atoms with Gasteiger partial charge >= 0.3 is 0 Å². The van der Waals surface area contributed by atoms with Gasteiger partial charge in [0.15, 0.2) is 15.7 Å². The van der Waals surface area contributed by atoms with Crippen LogP contribution in [0.1, 0.15) is 87.0 Å². The minimum Gasteiger partial charge on any atom is -0.382 e. The van der Waals surface area contributed by atoms with Crippen LogP contribution in [0.2, 0.25) is 0 Å². The Morgan fingerprint density at radius 3 is 2.44 bits per heavy atom. The van der Waals surface area contributed by atoms with Crippen molar-refractivity contribution in [3.63, 3.8) is 0 Å². The molecule has 2 aliphatic heterocycles. The van der Waals surface area contributed by atoms with E-state index in [-0.39, 0.29) is 35.3 Å². The fourth-order valence-corrected chi connectivity index (χ4v) is 7.22. The van der Waals surface area contributed by atoms with E-state index >= 15 is 0 Å². The lowest BCUT2D eigenvalue weighted by Crippen LogP contribution is -2.55. The first-order valence-corrected chi connectivity index (χ1v) is 17.4. The third-order valence-corrected chi connectivity index (χ3v) is 10.0. The summed E-state index contributed by atoms with van der Waals surface area (Å²) in [5.74, 6) is 0.625. The van der Waals surface area contributed by atoms with Crippen LogP contribution in [-0.2, 0) is 16.3 Å². The summed E-state index contributed by atoms with van der Waals surface area (Å²) in [6.45, 7) is 20.1. The van der Waals surface area contributed by atoms with Crippen LogP contribution in [0.3, 0.4) is 0 Å². The molecule has 2 aliphatic rings. The number of nitrogens with zero attached hydrogens (tertiary/aromatic N) is 4. The number of rotatable bonds is 11. The molecule has 0 bridgehead atoms. The lowest BCUT2D eigenvalue weighted by Gasteiger charge is -2.45. The summed E-state index contributed by atoms with van der Waals surface area (Å²) < 4.78 is 25.3. The fraction of sp³-hybridized carbons (Fsp3) is 0.514. The van der Waals surface area contributed by atoms with Gasteiger partial charge in [-0.05, 0) is 95.9 Å².